The molecule has 0 aromatic heterocycles. The Morgan fingerprint density at radius 3 is 2.08 bits per heavy atom. The van der Waals surface area contributed by atoms with E-state index in [0.717, 1.165) is 45.3 Å². The largest absolute Gasteiger partial charge is 0.348 e. The summed E-state index contributed by atoms with van der Waals surface area (Å²) < 4.78 is 11.3. The highest BCUT2D eigenvalue weighted by Crippen LogP contribution is 2.40. The van der Waals surface area contributed by atoms with Crippen LogP contribution >= 0.6 is 0 Å². The molecule has 2 rings (SSSR count). The minimum Gasteiger partial charge on any atom is -0.348 e. The molecule has 1 aliphatic carbocycles. The molecule has 3 nitrogen and oxygen atoms in total. The quantitative estimate of drug-likeness (QED) is 0.671. The third-order valence-corrected chi connectivity index (χ3v) is 3.53. The lowest BCUT2D eigenvalue weighted by Gasteiger charge is -2.41. The smallest absolute Gasteiger partial charge is 0.168 e. The number of nitrogens with two attached hydrogens (primary N) is 1. The minimum atomic E-state index is -0.252. The molecule has 0 aromatic carbocycles. The summed E-state index contributed by atoms with van der Waals surface area (Å²) in [5, 5.41) is 0. The van der Waals surface area contributed by atoms with Gasteiger partial charge in [0.25, 0.3) is 0 Å². The van der Waals surface area contributed by atoms with Crippen LogP contribution in [0.15, 0.2) is 0 Å². The molecular weight excluding hydrogens is 166 g/mol. The van der Waals surface area contributed by atoms with E-state index < -0.39 is 0 Å². The predicted octanol–water partition coefficient (Wildman–Crippen LogP) is 1.41. The molecule has 1 saturated carbocycles. The van der Waals surface area contributed by atoms with Crippen molar-refractivity contribution in [2.24, 2.45) is 5.73 Å². The number of hydrogen-bond acceptors (Lipinski definition) is 3. The maximum atomic E-state index is 6.20. The van der Waals surface area contributed by atoms with E-state index in [9.17, 15) is 0 Å². The van der Waals surface area contributed by atoms with Gasteiger partial charge in [0.05, 0.1) is 13.2 Å². The molecule has 0 unspecified atom stereocenters. The summed E-state index contributed by atoms with van der Waals surface area (Å²) in [5.74, 6) is -0.252. The first-order chi connectivity index (χ1) is 6.18. The highest BCUT2D eigenvalue weighted by molar-refractivity contribution is 4.93. The van der Waals surface area contributed by atoms with Crippen LogP contribution in [0.4, 0.5) is 0 Å². The van der Waals surface area contributed by atoms with Crippen molar-refractivity contribution in [3.63, 3.8) is 0 Å². The normalized spacial score (nSPS) is 30.9. The van der Waals surface area contributed by atoms with E-state index in [-0.39, 0.29) is 11.3 Å². The molecule has 13 heavy (non-hydrogen) atoms. The summed E-state index contributed by atoms with van der Waals surface area (Å²) in [4.78, 5) is 0. The molecule has 76 valence electrons. The van der Waals surface area contributed by atoms with Crippen molar-refractivity contribution in [2.45, 2.75) is 50.4 Å². The lowest BCUT2D eigenvalue weighted by Crippen LogP contribution is -2.48. The van der Waals surface area contributed by atoms with Crippen LogP contribution in [0, 0.1) is 0 Å². The van der Waals surface area contributed by atoms with Gasteiger partial charge in [0.2, 0.25) is 0 Å². The van der Waals surface area contributed by atoms with Gasteiger partial charge in [0, 0.05) is 18.4 Å². The van der Waals surface area contributed by atoms with Gasteiger partial charge in [0.15, 0.2) is 5.79 Å². The standard InChI is InChI=1S/C10H19NO2/c1-2-9(11)3-5-10(6-4-9)12-7-8-13-10/h2-8,11H2,1H3. The van der Waals surface area contributed by atoms with Crippen molar-refractivity contribution in [1.82, 2.24) is 0 Å². The van der Waals surface area contributed by atoms with E-state index in [4.69, 9.17) is 15.2 Å². The predicted molar refractivity (Wildman–Crippen MR) is 50.3 cm³/mol. The molecule has 1 aliphatic heterocycles. The summed E-state index contributed by atoms with van der Waals surface area (Å²) >= 11 is 0. The third kappa shape index (κ3) is 1.73. The van der Waals surface area contributed by atoms with E-state index in [2.05, 4.69) is 6.92 Å². The Hall–Kier alpha value is -0.120. The molecule has 1 heterocycles. The zero-order valence-corrected chi connectivity index (χ0v) is 8.34. The monoisotopic (exact) mass is 185 g/mol. The zero-order valence-electron chi connectivity index (χ0n) is 8.34. The Morgan fingerprint density at radius 2 is 1.62 bits per heavy atom. The van der Waals surface area contributed by atoms with Crippen molar-refractivity contribution in [3.8, 4) is 0 Å². The summed E-state index contributed by atoms with van der Waals surface area (Å²) in [7, 11) is 0. The summed E-state index contributed by atoms with van der Waals surface area (Å²) in [6, 6.07) is 0. The molecule has 0 radical (unpaired) electrons. The Balaban J connectivity index is 1.95. The van der Waals surface area contributed by atoms with Crippen molar-refractivity contribution >= 4 is 0 Å². The van der Waals surface area contributed by atoms with Crippen LogP contribution in [0.5, 0.6) is 0 Å². The van der Waals surface area contributed by atoms with Gasteiger partial charge in [-0.2, -0.15) is 0 Å². The first-order valence-corrected chi connectivity index (χ1v) is 5.25. The summed E-state index contributed by atoms with van der Waals surface area (Å²) in [5.41, 5.74) is 6.24. The van der Waals surface area contributed by atoms with Crippen molar-refractivity contribution in [2.75, 3.05) is 13.2 Å². The van der Waals surface area contributed by atoms with Crippen LogP contribution in [-0.2, 0) is 9.47 Å². The molecule has 2 fully saturated rings. The van der Waals surface area contributed by atoms with Crippen LogP contribution in [0.3, 0.4) is 0 Å². The highest BCUT2D eigenvalue weighted by Gasteiger charge is 2.43. The Labute approximate surface area is 79.6 Å². The van der Waals surface area contributed by atoms with E-state index in [1.54, 1.807) is 0 Å². The lowest BCUT2D eigenvalue weighted by molar-refractivity contribution is -0.184. The molecule has 0 aromatic rings. The molecule has 1 spiro atoms. The number of ether oxygens (including phenoxy) is 2. The second-order valence-electron chi connectivity index (χ2n) is 4.32. The van der Waals surface area contributed by atoms with Crippen molar-refractivity contribution in [3.05, 3.63) is 0 Å². The van der Waals surface area contributed by atoms with Gasteiger partial charge in [-0.1, -0.05) is 6.92 Å². The molecule has 0 amide bonds. The summed E-state index contributed by atoms with van der Waals surface area (Å²) in [6.07, 6.45) is 5.06. The van der Waals surface area contributed by atoms with Crippen molar-refractivity contribution < 1.29 is 9.47 Å². The molecule has 3 heteroatoms. The van der Waals surface area contributed by atoms with Crippen LogP contribution < -0.4 is 5.73 Å². The average molecular weight is 185 g/mol. The zero-order chi connectivity index (χ0) is 9.36. The van der Waals surface area contributed by atoms with Gasteiger partial charge in [0.1, 0.15) is 0 Å². The van der Waals surface area contributed by atoms with Crippen molar-refractivity contribution in [1.29, 1.82) is 0 Å². The second kappa shape index (κ2) is 3.23. The van der Waals surface area contributed by atoms with Crippen LogP contribution in [0.25, 0.3) is 0 Å². The van der Waals surface area contributed by atoms with Gasteiger partial charge >= 0.3 is 0 Å². The SMILES string of the molecule is CCC1(N)CCC2(CC1)OCCO2. The van der Waals surface area contributed by atoms with Gasteiger partial charge < -0.3 is 15.2 Å². The molecule has 2 N–H and O–H groups in total. The number of rotatable bonds is 1. The maximum absolute atomic E-state index is 6.20. The van der Waals surface area contributed by atoms with Gasteiger partial charge in [-0.3, -0.25) is 0 Å². The third-order valence-electron chi connectivity index (χ3n) is 3.53. The average Bonchev–Trinajstić information content (AvgIpc) is 2.61. The van der Waals surface area contributed by atoms with Gasteiger partial charge in [-0.25, -0.2) is 0 Å². The number of hydrogen-bond donors (Lipinski definition) is 1. The van der Waals surface area contributed by atoms with E-state index in [1.165, 1.54) is 0 Å². The van der Waals surface area contributed by atoms with Gasteiger partial charge in [-0.15, -0.1) is 0 Å². The fourth-order valence-electron chi connectivity index (χ4n) is 2.27. The molecule has 1 saturated heterocycles. The van der Waals surface area contributed by atoms with Crippen LogP contribution in [-0.4, -0.2) is 24.5 Å². The fraction of sp³-hybridized carbons (Fsp3) is 1.00. The molecular formula is C10H19NO2. The molecule has 0 atom stereocenters. The Kier molecular flexibility index (Phi) is 2.34. The second-order valence-corrected chi connectivity index (χ2v) is 4.32. The van der Waals surface area contributed by atoms with E-state index in [1.807, 2.05) is 0 Å². The highest BCUT2D eigenvalue weighted by atomic mass is 16.7. The summed E-state index contributed by atoms with van der Waals surface area (Å²) in [6.45, 7) is 3.67. The Bertz CT molecular complexity index is 177. The first kappa shape index (κ1) is 9.44. The molecule has 0 bridgehead atoms. The van der Waals surface area contributed by atoms with Crippen LogP contribution in [0.2, 0.25) is 0 Å². The Morgan fingerprint density at radius 1 is 1.08 bits per heavy atom. The first-order valence-electron chi connectivity index (χ1n) is 5.25. The van der Waals surface area contributed by atoms with E-state index in [0.29, 0.717) is 0 Å². The maximum Gasteiger partial charge on any atom is 0.168 e. The lowest BCUT2D eigenvalue weighted by atomic mass is 9.78. The van der Waals surface area contributed by atoms with Crippen LogP contribution in [0.1, 0.15) is 39.0 Å². The van der Waals surface area contributed by atoms with E-state index >= 15 is 0 Å². The fourth-order valence-corrected chi connectivity index (χ4v) is 2.27. The van der Waals surface area contributed by atoms with Gasteiger partial charge in [-0.05, 0) is 19.3 Å². The topological polar surface area (TPSA) is 44.5 Å². The molecule has 2 aliphatic rings. The minimum absolute atomic E-state index is 0.0422.